The molecule has 2 aliphatic rings. The minimum atomic E-state index is -3.68. The number of piperidine rings is 1. The van der Waals surface area contributed by atoms with E-state index < -0.39 is 10.0 Å². The highest BCUT2D eigenvalue weighted by Gasteiger charge is 2.26. The van der Waals surface area contributed by atoms with Crippen LogP contribution in [-0.4, -0.2) is 47.4 Å². The highest BCUT2D eigenvalue weighted by molar-refractivity contribution is 7.89. The van der Waals surface area contributed by atoms with Crippen LogP contribution in [0.1, 0.15) is 19.3 Å². The predicted octanol–water partition coefficient (Wildman–Crippen LogP) is 1.79. The number of hydrogen-bond donors (Lipinski definition) is 2. The summed E-state index contributed by atoms with van der Waals surface area (Å²) in [5.74, 6) is 0.640. The van der Waals surface area contributed by atoms with Crippen molar-refractivity contribution in [3.05, 3.63) is 23.2 Å². The summed E-state index contributed by atoms with van der Waals surface area (Å²) in [6, 6.07) is 4.65. The van der Waals surface area contributed by atoms with Crippen LogP contribution in [-0.2, 0) is 14.8 Å². The van der Waals surface area contributed by atoms with E-state index in [0.717, 1.165) is 39.0 Å². The Kier molecular flexibility index (Phi) is 5.99. The molecule has 2 aliphatic heterocycles. The summed E-state index contributed by atoms with van der Waals surface area (Å²) >= 11 is 6.02. The zero-order valence-electron chi connectivity index (χ0n) is 13.5. The van der Waals surface area contributed by atoms with Gasteiger partial charge in [-0.15, -0.1) is 0 Å². The van der Waals surface area contributed by atoms with Gasteiger partial charge in [0.2, 0.25) is 10.0 Å². The highest BCUT2D eigenvalue weighted by atomic mass is 35.5. The summed E-state index contributed by atoms with van der Waals surface area (Å²) in [6.45, 7) is 3.46. The predicted molar refractivity (Wildman–Crippen MR) is 92.1 cm³/mol. The molecule has 134 valence electrons. The summed E-state index contributed by atoms with van der Waals surface area (Å²) in [5, 5.41) is 3.59. The minimum absolute atomic E-state index is 0.0636. The third-order valence-electron chi connectivity index (χ3n) is 4.35. The van der Waals surface area contributed by atoms with Crippen LogP contribution in [0, 0.1) is 5.92 Å². The first kappa shape index (κ1) is 17.9. The van der Waals surface area contributed by atoms with Gasteiger partial charge in [-0.1, -0.05) is 11.6 Å². The Balaban J connectivity index is 1.75. The van der Waals surface area contributed by atoms with E-state index in [9.17, 15) is 8.42 Å². The van der Waals surface area contributed by atoms with Crippen molar-refractivity contribution in [1.29, 1.82) is 0 Å². The first-order chi connectivity index (χ1) is 11.5. The molecule has 2 fully saturated rings. The maximum Gasteiger partial charge on any atom is 0.244 e. The van der Waals surface area contributed by atoms with Crippen molar-refractivity contribution in [3.8, 4) is 5.75 Å². The maximum atomic E-state index is 12.8. The number of sulfonamides is 1. The number of hydrogen-bond acceptors (Lipinski definition) is 5. The first-order valence-corrected chi connectivity index (χ1v) is 10.1. The van der Waals surface area contributed by atoms with E-state index >= 15 is 0 Å². The second-order valence-electron chi connectivity index (χ2n) is 6.28. The molecule has 24 heavy (non-hydrogen) atoms. The molecule has 1 unspecified atom stereocenters. The molecular formula is C16H23ClN2O4S. The van der Waals surface area contributed by atoms with Gasteiger partial charge in [0.15, 0.2) is 0 Å². The number of ether oxygens (including phenoxy) is 2. The third-order valence-corrected chi connectivity index (χ3v) is 6.13. The lowest BCUT2D eigenvalue weighted by atomic mass is 10.1. The largest absolute Gasteiger partial charge is 0.492 e. The van der Waals surface area contributed by atoms with Crippen molar-refractivity contribution in [2.45, 2.75) is 30.2 Å². The van der Waals surface area contributed by atoms with Gasteiger partial charge < -0.3 is 14.8 Å². The van der Waals surface area contributed by atoms with Crippen LogP contribution in [0.4, 0.5) is 0 Å². The minimum Gasteiger partial charge on any atom is -0.492 e. The molecule has 0 spiro atoms. The van der Waals surface area contributed by atoms with E-state index in [1.54, 1.807) is 12.1 Å². The van der Waals surface area contributed by atoms with Crippen molar-refractivity contribution in [3.63, 3.8) is 0 Å². The normalized spacial score (nSPS) is 22.6. The first-order valence-electron chi connectivity index (χ1n) is 8.28. The molecule has 1 atom stereocenters. The summed E-state index contributed by atoms with van der Waals surface area (Å²) in [4.78, 5) is 0.104. The number of halogens is 1. The molecule has 1 aromatic rings. The molecule has 0 aromatic heterocycles. The summed E-state index contributed by atoms with van der Waals surface area (Å²) < 4.78 is 39.4. The fraction of sp³-hybridized carbons (Fsp3) is 0.625. The maximum absolute atomic E-state index is 12.8. The van der Waals surface area contributed by atoms with Gasteiger partial charge in [-0.25, -0.2) is 13.1 Å². The third kappa shape index (κ3) is 4.61. The van der Waals surface area contributed by atoms with Crippen molar-refractivity contribution in [2.75, 3.05) is 32.9 Å². The van der Waals surface area contributed by atoms with E-state index in [2.05, 4.69) is 10.0 Å². The van der Waals surface area contributed by atoms with E-state index in [1.807, 2.05) is 0 Å². The molecule has 0 aliphatic carbocycles. The van der Waals surface area contributed by atoms with Crippen LogP contribution in [0.5, 0.6) is 5.75 Å². The number of benzene rings is 1. The zero-order valence-corrected chi connectivity index (χ0v) is 15.0. The monoisotopic (exact) mass is 374 g/mol. The summed E-state index contributed by atoms with van der Waals surface area (Å²) in [6.07, 6.45) is 2.48. The fourth-order valence-electron chi connectivity index (χ4n) is 2.96. The molecular weight excluding hydrogens is 352 g/mol. The standard InChI is InChI=1S/C16H23ClN2O4S/c17-13-1-2-15(23-11-12-5-8-22-10-12)16(9-13)24(20,21)19-14-3-6-18-7-4-14/h1-2,9,12,14,18-19H,3-8,10-11H2. The molecule has 2 heterocycles. The van der Waals surface area contributed by atoms with Gasteiger partial charge >= 0.3 is 0 Å². The highest BCUT2D eigenvalue weighted by Crippen LogP contribution is 2.29. The molecule has 2 N–H and O–H groups in total. The van der Waals surface area contributed by atoms with Crippen LogP contribution >= 0.6 is 11.6 Å². The van der Waals surface area contributed by atoms with E-state index in [1.165, 1.54) is 6.07 Å². The fourth-order valence-corrected chi connectivity index (χ4v) is 4.67. The second-order valence-corrected chi connectivity index (χ2v) is 8.40. The van der Waals surface area contributed by atoms with Gasteiger partial charge in [0.1, 0.15) is 10.6 Å². The summed E-state index contributed by atoms with van der Waals surface area (Å²) in [7, 11) is -3.68. The van der Waals surface area contributed by atoms with Crippen LogP contribution in [0.2, 0.25) is 5.02 Å². The van der Waals surface area contributed by atoms with Gasteiger partial charge in [-0.2, -0.15) is 0 Å². The van der Waals surface area contributed by atoms with Crippen molar-refractivity contribution >= 4 is 21.6 Å². The van der Waals surface area contributed by atoms with Crippen LogP contribution < -0.4 is 14.8 Å². The van der Waals surface area contributed by atoms with E-state index in [0.29, 0.717) is 29.9 Å². The molecule has 1 aromatic carbocycles. The van der Waals surface area contributed by atoms with Crippen LogP contribution in [0.3, 0.4) is 0 Å². The average Bonchev–Trinajstić information content (AvgIpc) is 3.07. The van der Waals surface area contributed by atoms with Crippen LogP contribution in [0.15, 0.2) is 23.1 Å². The quantitative estimate of drug-likeness (QED) is 0.793. The van der Waals surface area contributed by atoms with E-state index in [-0.39, 0.29) is 10.9 Å². The lowest BCUT2D eigenvalue weighted by molar-refractivity contribution is 0.166. The Hall–Kier alpha value is -0.860. The average molecular weight is 375 g/mol. The Morgan fingerprint density at radius 3 is 2.79 bits per heavy atom. The topological polar surface area (TPSA) is 76.7 Å². The molecule has 6 nitrogen and oxygen atoms in total. The van der Waals surface area contributed by atoms with Gasteiger partial charge in [0.05, 0.1) is 13.2 Å². The molecule has 0 saturated carbocycles. The molecule has 3 rings (SSSR count). The molecule has 0 amide bonds. The lowest BCUT2D eigenvalue weighted by Crippen LogP contribution is -2.42. The Morgan fingerprint density at radius 2 is 2.08 bits per heavy atom. The number of nitrogens with one attached hydrogen (secondary N) is 2. The Bertz CT molecular complexity index is 656. The van der Waals surface area contributed by atoms with Crippen molar-refractivity contribution < 1.29 is 17.9 Å². The van der Waals surface area contributed by atoms with Crippen molar-refractivity contribution in [2.24, 2.45) is 5.92 Å². The van der Waals surface area contributed by atoms with Gasteiger partial charge in [0, 0.05) is 23.6 Å². The SMILES string of the molecule is O=S(=O)(NC1CCNCC1)c1cc(Cl)ccc1OCC1CCOC1. The Morgan fingerprint density at radius 1 is 1.29 bits per heavy atom. The molecule has 8 heteroatoms. The smallest absolute Gasteiger partial charge is 0.244 e. The lowest BCUT2D eigenvalue weighted by Gasteiger charge is -2.24. The summed E-state index contributed by atoms with van der Waals surface area (Å²) in [5.41, 5.74) is 0. The van der Waals surface area contributed by atoms with Gasteiger partial charge in [0.25, 0.3) is 0 Å². The van der Waals surface area contributed by atoms with Crippen molar-refractivity contribution in [1.82, 2.24) is 10.0 Å². The Labute approximate surface area is 147 Å². The van der Waals surface area contributed by atoms with Gasteiger partial charge in [-0.3, -0.25) is 0 Å². The number of rotatable bonds is 6. The zero-order chi connectivity index (χ0) is 17.0. The molecule has 2 saturated heterocycles. The molecule has 0 bridgehead atoms. The van der Waals surface area contributed by atoms with E-state index in [4.69, 9.17) is 21.1 Å². The molecule has 0 radical (unpaired) electrons. The van der Waals surface area contributed by atoms with Crippen LogP contribution in [0.25, 0.3) is 0 Å². The second kappa shape index (κ2) is 8.01. The van der Waals surface area contributed by atoms with Gasteiger partial charge in [-0.05, 0) is 50.6 Å².